The molecule has 0 aliphatic heterocycles. The smallest absolute Gasteiger partial charge is 0.262 e. The van der Waals surface area contributed by atoms with Gasteiger partial charge in [0.25, 0.3) is 11.5 Å². The maximum Gasteiger partial charge on any atom is 0.262 e. The SMILES string of the molecule is CCCCCn1c(=S)[nH]c2cc(C(=O)Nc3cc(C)cc(C)c3)ccc2c1=O. The van der Waals surface area contributed by atoms with Gasteiger partial charge in [0.2, 0.25) is 0 Å². The number of aromatic amines is 1. The lowest BCUT2D eigenvalue weighted by Crippen LogP contribution is -2.22. The van der Waals surface area contributed by atoms with E-state index in [4.69, 9.17) is 12.2 Å². The van der Waals surface area contributed by atoms with Crippen LogP contribution in [0.4, 0.5) is 5.69 Å². The van der Waals surface area contributed by atoms with Crippen LogP contribution in [-0.4, -0.2) is 15.5 Å². The zero-order valence-electron chi connectivity index (χ0n) is 16.5. The van der Waals surface area contributed by atoms with E-state index in [9.17, 15) is 9.59 Å². The highest BCUT2D eigenvalue weighted by Crippen LogP contribution is 2.17. The molecule has 0 radical (unpaired) electrons. The summed E-state index contributed by atoms with van der Waals surface area (Å²) in [5.41, 5.74) is 3.86. The van der Waals surface area contributed by atoms with E-state index in [-0.39, 0.29) is 11.5 Å². The predicted octanol–water partition coefficient (Wildman–Crippen LogP) is 5.12. The molecule has 146 valence electrons. The molecule has 0 saturated carbocycles. The van der Waals surface area contributed by atoms with Crippen molar-refractivity contribution in [3.05, 3.63) is 68.2 Å². The number of hydrogen-bond acceptors (Lipinski definition) is 3. The highest BCUT2D eigenvalue weighted by molar-refractivity contribution is 7.71. The molecular weight excluding hydrogens is 370 g/mol. The zero-order chi connectivity index (χ0) is 20.3. The van der Waals surface area contributed by atoms with Gasteiger partial charge < -0.3 is 10.3 Å². The molecule has 2 N–H and O–H groups in total. The molecule has 0 aliphatic rings. The Kier molecular flexibility index (Phi) is 6.09. The molecular formula is C22H25N3O2S. The van der Waals surface area contributed by atoms with E-state index in [0.29, 0.717) is 27.8 Å². The zero-order valence-corrected chi connectivity index (χ0v) is 17.3. The first kappa shape index (κ1) is 20.0. The number of nitrogens with one attached hydrogen (secondary N) is 2. The summed E-state index contributed by atoms with van der Waals surface area (Å²) in [7, 11) is 0. The van der Waals surface area contributed by atoms with E-state index < -0.39 is 0 Å². The number of amides is 1. The molecule has 3 rings (SSSR count). The maximum atomic E-state index is 12.8. The molecule has 5 nitrogen and oxygen atoms in total. The van der Waals surface area contributed by atoms with E-state index in [0.717, 1.165) is 36.1 Å². The van der Waals surface area contributed by atoms with Crippen LogP contribution in [0.5, 0.6) is 0 Å². The van der Waals surface area contributed by atoms with Crippen LogP contribution in [0.2, 0.25) is 0 Å². The summed E-state index contributed by atoms with van der Waals surface area (Å²) >= 11 is 5.37. The van der Waals surface area contributed by atoms with E-state index in [2.05, 4.69) is 23.3 Å². The van der Waals surface area contributed by atoms with E-state index >= 15 is 0 Å². The van der Waals surface area contributed by atoms with Crippen LogP contribution >= 0.6 is 12.2 Å². The van der Waals surface area contributed by atoms with Crippen molar-refractivity contribution < 1.29 is 4.79 Å². The quantitative estimate of drug-likeness (QED) is 0.450. The van der Waals surface area contributed by atoms with E-state index in [1.54, 1.807) is 22.8 Å². The molecule has 1 amide bonds. The van der Waals surface area contributed by atoms with E-state index in [1.807, 2.05) is 26.0 Å². The lowest BCUT2D eigenvalue weighted by Gasteiger charge is -2.10. The Bertz CT molecular complexity index is 1120. The number of unbranched alkanes of at least 4 members (excludes halogenated alkanes) is 2. The highest BCUT2D eigenvalue weighted by atomic mass is 32.1. The molecule has 0 aliphatic carbocycles. The number of carbonyl (C=O) groups excluding carboxylic acids is 1. The third-order valence-electron chi connectivity index (χ3n) is 4.71. The van der Waals surface area contributed by atoms with Crippen molar-refractivity contribution in [2.24, 2.45) is 0 Å². The van der Waals surface area contributed by atoms with Crippen molar-refractivity contribution in [3.63, 3.8) is 0 Å². The van der Waals surface area contributed by atoms with Gasteiger partial charge in [-0.15, -0.1) is 0 Å². The minimum absolute atomic E-state index is 0.115. The van der Waals surface area contributed by atoms with Gasteiger partial charge in [0.15, 0.2) is 4.77 Å². The van der Waals surface area contributed by atoms with Gasteiger partial charge in [-0.2, -0.15) is 0 Å². The third kappa shape index (κ3) is 4.39. The molecule has 0 atom stereocenters. The fraction of sp³-hybridized carbons (Fsp3) is 0.318. The number of benzene rings is 2. The number of carbonyl (C=O) groups is 1. The van der Waals surface area contributed by atoms with Crippen molar-refractivity contribution in [1.82, 2.24) is 9.55 Å². The molecule has 6 heteroatoms. The van der Waals surface area contributed by atoms with Gasteiger partial charge in [-0.1, -0.05) is 25.8 Å². The second-order valence-corrected chi connectivity index (χ2v) is 7.57. The topological polar surface area (TPSA) is 66.9 Å². The maximum absolute atomic E-state index is 12.8. The van der Waals surface area contributed by atoms with Crippen LogP contribution in [0.3, 0.4) is 0 Å². The van der Waals surface area contributed by atoms with Gasteiger partial charge in [0.1, 0.15) is 0 Å². The lowest BCUT2D eigenvalue weighted by atomic mass is 10.1. The summed E-state index contributed by atoms with van der Waals surface area (Å²) in [6.07, 6.45) is 3.05. The molecule has 0 unspecified atom stereocenters. The molecule has 2 aromatic carbocycles. The molecule has 0 fully saturated rings. The second kappa shape index (κ2) is 8.52. The second-order valence-electron chi connectivity index (χ2n) is 7.18. The molecule has 0 saturated heterocycles. The number of nitrogens with zero attached hydrogens (tertiary/aromatic N) is 1. The monoisotopic (exact) mass is 395 g/mol. The number of rotatable bonds is 6. The van der Waals surface area contributed by atoms with Crippen LogP contribution < -0.4 is 10.9 Å². The summed E-state index contributed by atoms with van der Waals surface area (Å²) in [5.74, 6) is -0.224. The van der Waals surface area contributed by atoms with Crippen molar-refractivity contribution >= 4 is 34.7 Å². The predicted molar refractivity (Wildman–Crippen MR) is 117 cm³/mol. The summed E-state index contributed by atoms with van der Waals surface area (Å²) in [4.78, 5) is 28.5. The molecule has 28 heavy (non-hydrogen) atoms. The van der Waals surface area contributed by atoms with Gasteiger partial charge >= 0.3 is 0 Å². The molecule has 0 bridgehead atoms. The van der Waals surface area contributed by atoms with Crippen LogP contribution in [0.25, 0.3) is 10.9 Å². The summed E-state index contributed by atoms with van der Waals surface area (Å²) in [5, 5.41) is 3.45. The van der Waals surface area contributed by atoms with Gasteiger partial charge in [-0.05, 0) is 73.9 Å². The van der Waals surface area contributed by atoms with Crippen molar-refractivity contribution in [2.45, 2.75) is 46.6 Å². The number of H-pyrrole nitrogens is 1. The largest absolute Gasteiger partial charge is 0.332 e. The van der Waals surface area contributed by atoms with Crippen molar-refractivity contribution in [1.29, 1.82) is 0 Å². The fourth-order valence-corrected chi connectivity index (χ4v) is 3.65. The Hall–Kier alpha value is -2.73. The van der Waals surface area contributed by atoms with Crippen LogP contribution in [0.1, 0.15) is 47.7 Å². The number of hydrogen-bond donors (Lipinski definition) is 2. The number of anilines is 1. The highest BCUT2D eigenvalue weighted by Gasteiger charge is 2.11. The Morgan fingerprint density at radius 3 is 2.50 bits per heavy atom. The summed E-state index contributed by atoms with van der Waals surface area (Å²) in [6, 6.07) is 11.0. The van der Waals surface area contributed by atoms with Crippen molar-refractivity contribution in [3.8, 4) is 0 Å². The first-order valence-corrected chi connectivity index (χ1v) is 9.96. The first-order chi connectivity index (χ1) is 13.4. The Morgan fingerprint density at radius 1 is 1.11 bits per heavy atom. The van der Waals surface area contributed by atoms with Gasteiger partial charge in [0, 0.05) is 17.8 Å². The average molecular weight is 396 g/mol. The minimum atomic E-state index is -0.224. The van der Waals surface area contributed by atoms with Gasteiger partial charge in [-0.3, -0.25) is 14.2 Å². The molecule has 3 aromatic rings. The molecule has 0 spiro atoms. The van der Waals surface area contributed by atoms with Gasteiger partial charge in [-0.25, -0.2) is 0 Å². The normalized spacial score (nSPS) is 11.0. The average Bonchev–Trinajstić information content (AvgIpc) is 2.63. The third-order valence-corrected chi connectivity index (χ3v) is 5.03. The Morgan fingerprint density at radius 2 is 1.82 bits per heavy atom. The number of aromatic nitrogens is 2. The van der Waals surface area contributed by atoms with Crippen LogP contribution in [0.15, 0.2) is 41.2 Å². The van der Waals surface area contributed by atoms with Crippen LogP contribution in [0, 0.1) is 18.6 Å². The Labute approximate surface area is 169 Å². The fourth-order valence-electron chi connectivity index (χ4n) is 3.37. The summed E-state index contributed by atoms with van der Waals surface area (Å²) in [6.45, 7) is 6.70. The first-order valence-electron chi connectivity index (χ1n) is 9.55. The van der Waals surface area contributed by atoms with Crippen molar-refractivity contribution in [2.75, 3.05) is 5.32 Å². The molecule has 1 aromatic heterocycles. The summed E-state index contributed by atoms with van der Waals surface area (Å²) < 4.78 is 1.99. The van der Waals surface area contributed by atoms with E-state index in [1.165, 1.54) is 0 Å². The number of aryl methyl sites for hydroxylation is 2. The molecule has 1 heterocycles. The Balaban J connectivity index is 1.91. The lowest BCUT2D eigenvalue weighted by molar-refractivity contribution is 0.102. The van der Waals surface area contributed by atoms with Crippen LogP contribution in [-0.2, 0) is 6.54 Å². The van der Waals surface area contributed by atoms with Gasteiger partial charge in [0.05, 0.1) is 10.9 Å². The minimum Gasteiger partial charge on any atom is -0.332 e. The number of fused-ring (bicyclic) bond motifs is 1. The standard InChI is InChI=1S/C22H25N3O2S/c1-4-5-6-9-25-21(27)18-8-7-16(13-19(18)24-22(25)28)20(26)23-17-11-14(2)10-15(3)12-17/h7-8,10-13H,4-6,9H2,1-3H3,(H,23,26)(H,24,28).